The van der Waals surface area contributed by atoms with Gasteiger partial charge < -0.3 is 14.6 Å². The van der Waals surface area contributed by atoms with Gasteiger partial charge in [-0.1, -0.05) is 29.8 Å². The van der Waals surface area contributed by atoms with E-state index in [9.17, 15) is 4.79 Å². The number of carbonyl (C=O) groups excluding carboxylic acids is 1. The lowest BCUT2D eigenvalue weighted by Gasteiger charge is -2.26. The number of H-pyrrole nitrogens is 1. The lowest BCUT2D eigenvalue weighted by atomic mass is 9.98. The molecule has 1 atom stereocenters. The summed E-state index contributed by atoms with van der Waals surface area (Å²) in [7, 11) is 1.68. The van der Waals surface area contributed by atoms with Gasteiger partial charge >= 0.3 is 0 Å². The first kappa shape index (κ1) is 21.3. The number of hydrogen-bond acceptors (Lipinski definition) is 3. The van der Waals surface area contributed by atoms with Crippen molar-refractivity contribution in [3.05, 3.63) is 77.1 Å². The summed E-state index contributed by atoms with van der Waals surface area (Å²) in [6, 6.07) is 17.8. The molecule has 1 amide bonds. The molecule has 2 heterocycles. The maximum atomic E-state index is 13.4. The highest BCUT2D eigenvalue weighted by Crippen LogP contribution is 2.30. The minimum absolute atomic E-state index is 0.0836. The number of nitrogens with one attached hydrogen (secondary N) is 1. The highest BCUT2D eigenvalue weighted by molar-refractivity contribution is 6.31. The summed E-state index contributed by atoms with van der Waals surface area (Å²) in [6.07, 6.45) is 2.54. The number of ether oxygens (including phenoxy) is 1. The van der Waals surface area contributed by atoms with Crippen molar-refractivity contribution in [1.82, 2.24) is 14.9 Å². The molecule has 2 aromatic heterocycles. The Labute approximate surface area is 187 Å². The average Bonchev–Trinajstić information content (AvgIpc) is 3.15. The zero-order chi connectivity index (χ0) is 21.8. The van der Waals surface area contributed by atoms with Crippen LogP contribution in [0.25, 0.3) is 21.8 Å². The van der Waals surface area contributed by atoms with Gasteiger partial charge in [0.05, 0.1) is 18.2 Å². The second kappa shape index (κ2) is 9.50. The van der Waals surface area contributed by atoms with Crippen molar-refractivity contribution in [2.24, 2.45) is 0 Å². The predicted octanol–water partition coefficient (Wildman–Crippen LogP) is 5.54. The number of fused-ring (bicyclic) bond motifs is 3. The zero-order valence-electron chi connectivity index (χ0n) is 17.8. The molecule has 0 spiro atoms. The zero-order valence-corrected chi connectivity index (χ0v) is 18.5. The van der Waals surface area contributed by atoms with Crippen molar-refractivity contribution in [3.63, 3.8) is 0 Å². The van der Waals surface area contributed by atoms with Crippen molar-refractivity contribution in [2.75, 3.05) is 20.3 Å². The van der Waals surface area contributed by atoms with Gasteiger partial charge in [-0.15, -0.1) is 0 Å². The molecule has 6 heteroatoms. The van der Waals surface area contributed by atoms with Crippen LogP contribution in [-0.2, 0) is 16.1 Å². The summed E-state index contributed by atoms with van der Waals surface area (Å²) in [5.74, 6) is -0.189. The molecule has 0 bridgehead atoms. The van der Waals surface area contributed by atoms with Gasteiger partial charge in [-0.25, -0.2) is 0 Å². The van der Waals surface area contributed by atoms with Crippen molar-refractivity contribution >= 4 is 39.3 Å². The first-order chi connectivity index (χ1) is 15.1. The molecule has 4 aromatic rings. The second-order valence-electron chi connectivity index (χ2n) is 7.77. The number of rotatable bonds is 8. The molecule has 1 N–H and O–H groups in total. The molecule has 31 heavy (non-hydrogen) atoms. The number of aromatic nitrogens is 2. The SMILES string of the molecule is COCCCN(Cc1ccccn1)C(=O)C(C)c1ccc2c(c1)[nH]c1ccc(Cl)cc12. The van der Waals surface area contributed by atoms with Gasteiger partial charge in [0.2, 0.25) is 5.91 Å². The number of carbonyl (C=O) groups is 1. The van der Waals surface area contributed by atoms with Crippen LogP contribution in [0.1, 0.15) is 30.5 Å². The van der Waals surface area contributed by atoms with Gasteiger partial charge in [-0.2, -0.15) is 0 Å². The molecule has 1 unspecified atom stereocenters. The fourth-order valence-electron chi connectivity index (χ4n) is 3.93. The third kappa shape index (κ3) is 4.73. The third-order valence-corrected chi connectivity index (χ3v) is 5.86. The normalized spacial score (nSPS) is 12.4. The Morgan fingerprint density at radius 2 is 2.00 bits per heavy atom. The van der Waals surface area contributed by atoms with E-state index in [1.54, 1.807) is 13.3 Å². The molecule has 5 nitrogen and oxygen atoms in total. The van der Waals surface area contributed by atoms with Crippen LogP contribution in [-0.4, -0.2) is 41.0 Å². The average molecular weight is 436 g/mol. The summed E-state index contributed by atoms with van der Waals surface area (Å²) in [5, 5.41) is 2.90. The smallest absolute Gasteiger partial charge is 0.230 e. The minimum atomic E-state index is -0.273. The van der Waals surface area contributed by atoms with E-state index in [-0.39, 0.29) is 11.8 Å². The Bertz CT molecular complexity index is 1190. The van der Waals surface area contributed by atoms with Crippen LogP contribution in [0.5, 0.6) is 0 Å². The predicted molar refractivity (Wildman–Crippen MR) is 125 cm³/mol. The van der Waals surface area contributed by atoms with Gasteiger partial charge in [-0.3, -0.25) is 9.78 Å². The van der Waals surface area contributed by atoms with E-state index in [0.29, 0.717) is 24.7 Å². The van der Waals surface area contributed by atoms with Crippen LogP contribution in [0, 0.1) is 0 Å². The molecule has 160 valence electrons. The van der Waals surface area contributed by atoms with Crippen LogP contribution >= 0.6 is 11.6 Å². The molecule has 0 aliphatic heterocycles. The Hall–Kier alpha value is -2.89. The number of nitrogens with zero attached hydrogens (tertiary/aromatic N) is 2. The van der Waals surface area contributed by atoms with Crippen LogP contribution in [0.15, 0.2) is 60.8 Å². The fourth-order valence-corrected chi connectivity index (χ4v) is 4.11. The molecule has 0 aliphatic rings. The Morgan fingerprint density at radius 1 is 1.13 bits per heavy atom. The number of methoxy groups -OCH3 is 1. The standard InChI is InChI=1S/C25H26ClN3O2/c1-17(25(30)29(12-5-13-31-2)16-20-6-3-4-11-27-20)18-7-9-21-22-15-19(26)8-10-23(22)28-24(21)14-18/h3-4,6-11,14-15,17,28H,5,12-13,16H2,1-2H3. The van der Waals surface area contributed by atoms with Gasteiger partial charge in [0.15, 0.2) is 0 Å². The van der Waals surface area contributed by atoms with Gasteiger partial charge in [0.25, 0.3) is 0 Å². The highest BCUT2D eigenvalue weighted by atomic mass is 35.5. The molecular formula is C25H26ClN3O2. The third-order valence-electron chi connectivity index (χ3n) is 5.62. The lowest BCUT2D eigenvalue weighted by molar-refractivity contribution is -0.133. The van der Waals surface area contributed by atoms with Crippen molar-refractivity contribution in [3.8, 4) is 0 Å². The van der Waals surface area contributed by atoms with Gasteiger partial charge in [0, 0.05) is 53.3 Å². The van der Waals surface area contributed by atoms with Crippen molar-refractivity contribution in [2.45, 2.75) is 25.8 Å². The van der Waals surface area contributed by atoms with E-state index < -0.39 is 0 Å². The lowest BCUT2D eigenvalue weighted by Crippen LogP contribution is -2.35. The number of pyridine rings is 1. The summed E-state index contributed by atoms with van der Waals surface area (Å²) in [4.78, 5) is 23.1. The monoisotopic (exact) mass is 435 g/mol. The summed E-state index contributed by atoms with van der Waals surface area (Å²) in [6.45, 7) is 3.69. The molecule has 0 fully saturated rings. The molecule has 4 rings (SSSR count). The molecule has 0 saturated heterocycles. The van der Waals surface area contributed by atoms with Crippen molar-refractivity contribution < 1.29 is 9.53 Å². The molecule has 0 aliphatic carbocycles. The van der Waals surface area contributed by atoms with E-state index in [0.717, 1.165) is 39.5 Å². The summed E-state index contributed by atoms with van der Waals surface area (Å²) in [5.41, 5.74) is 3.90. The number of benzene rings is 2. The van der Waals surface area contributed by atoms with E-state index >= 15 is 0 Å². The molecular weight excluding hydrogens is 410 g/mol. The number of amides is 1. The first-order valence-electron chi connectivity index (χ1n) is 10.5. The van der Waals surface area contributed by atoms with Crippen LogP contribution in [0.4, 0.5) is 0 Å². The molecule has 0 radical (unpaired) electrons. The molecule has 0 saturated carbocycles. The summed E-state index contributed by atoms with van der Waals surface area (Å²) < 4.78 is 5.19. The Kier molecular flexibility index (Phi) is 6.54. The number of hydrogen-bond donors (Lipinski definition) is 1. The Morgan fingerprint density at radius 3 is 2.77 bits per heavy atom. The van der Waals surface area contributed by atoms with E-state index in [1.165, 1.54) is 0 Å². The van der Waals surface area contributed by atoms with Crippen LogP contribution in [0.3, 0.4) is 0 Å². The quantitative estimate of drug-likeness (QED) is 0.370. The second-order valence-corrected chi connectivity index (χ2v) is 8.21. The van der Waals surface area contributed by atoms with Gasteiger partial charge in [-0.05, 0) is 55.3 Å². The van der Waals surface area contributed by atoms with E-state index in [2.05, 4.69) is 22.1 Å². The molecule has 2 aromatic carbocycles. The topological polar surface area (TPSA) is 58.2 Å². The summed E-state index contributed by atoms with van der Waals surface area (Å²) >= 11 is 6.17. The Balaban J connectivity index is 1.60. The van der Waals surface area contributed by atoms with Gasteiger partial charge in [0.1, 0.15) is 0 Å². The van der Waals surface area contributed by atoms with Crippen molar-refractivity contribution in [1.29, 1.82) is 0 Å². The number of halogens is 1. The van der Waals surface area contributed by atoms with Crippen LogP contribution < -0.4 is 0 Å². The van der Waals surface area contributed by atoms with E-state index in [4.69, 9.17) is 16.3 Å². The highest BCUT2D eigenvalue weighted by Gasteiger charge is 2.23. The van der Waals surface area contributed by atoms with Crippen LogP contribution in [0.2, 0.25) is 5.02 Å². The maximum Gasteiger partial charge on any atom is 0.230 e. The maximum absolute atomic E-state index is 13.4. The number of aromatic amines is 1. The fraction of sp³-hybridized carbons (Fsp3) is 0.280. The largest absolute Gasteiger partial charge is 0.385 e. The minimum Gasteiger partial charge on any atom is -0.385 e. The van der Waals surface area contributed by atoms with E-state index in [1.807, 2.05) is 54.3 Å². The first-order valence-corrected chi connectivity index (χ1v) is 10.8.